The van der Waals surface area contributed by atoms with Gasteiger partial charge in [-0.15, -0.1) is 0 Å². The lowest BCUT2D eigenvalue weighted by atomic mass is 10.1. The topological polar surface area (TPSA) is 123 Å². The Labute approximate surface area is 209 Å². The average Bonchev–Trinajstić information content (AvgIpc) is 3.50. The Balaban J connectivity index is 0.00000320. The first-order chi connectivity index (χ1) is 17.4. The summed E-state index contributed by atoms with van der Waals surface area (Å²) in [4.78, 5) is 22.7. The van der Waals surface area contributed by atoms with Crippen molar-refractivity contribution in [1.29, 1.82) is 0 Å². The van der Waals surface area contributed by atoms with E-state index in [4.69, 9.17) is 9.84 Å². The molecule has 0 radical (unpaired) electrons. The maximum Gasteiger partial charge on any atom is 0.257 e. The second-order valence-corrected chi connectivity index (χ2v) is 8.03. The van der Waals surface area contributed by atoms with Gasteiger partial charge in [-0.1, -0.05) is 7.43 Å². The van der Waals surface area contributed by atoms with Crippen molar-refractivity contribution in [1.82, 2.24) is 34.4 Å². The zero-order valence-corrected chi connectivity index (χ0v) is 18.9. The molecule has 1 fully saturated rings. The predicted octanol–water partition coefficient (Wildman–Crippen LogP) is 2.33. The van der Waals surface area contributed by atoms with E-state index in [-0.39, 0.29) is 51.9 Å². The predicted molar refractivity (Wildman–Crippen MR) is 127 cm³/mol. The summed E-state index contributed by atoms with van der Waals surface area (Å²) in [7, 11) is 0. The van der Waals surface area contributed by atoms with Crippen molar-refractivity contribution >= 4 is 28.6 Å². The summed E-state index contributed by atoms with van der Waals surface area (Å²) < 4.78 is 52.4. The number of morpholine rings is 1. The second kappa shape index (κ2) is 10.9. The minimum Gasteiger partial charge on any atom is -0.394 e. The lowest BCUT2D eigenvalue weighted by Crippen LogP contribution is -2.41. The number of halogens is 3. The van der Waals surface area contributed by atoms with Crippen LogP contribution in [-0.2, 0) is 17.8 Å². The van der Waals surface area contributed by atoms with Crippen molar-refractivity contribution in [3.8, 4) is 0 Å². The number of aliphatic hydroxyl groups excluding tert-OH is 1. The molecular formula is C23H25F3N8O3. The Morgan fingerprint density at radius 3 is 2.65 bits per heavy atom. The van der Waals surface area contributed by atoms with Crippen LogP contribution in [0.15, 0.2) is 30.9 Å². The summed E-state index contributed by atoms with van der Waals surface area (Å²) >= 11 is 0. The first-order valence-electron chi connectivity index (χ1n) is 11.1. The molecule has 5 rings (SSSR count). The Morgan fingerprint density at radius 2 is 1.89 bits per heavy atom. The van der Waals surface area contributed by atoms with Crippen LogP contribution in [0.3, 0.4) is 0 Å². The molecule has 0 unspecified atom stereocenters. The molecule has 0 atom stereocenters. The summed E-state index contributed by atoms with van der Waals surface area (Å²) in [6.45, 7) is 0.741. The fraction of sp³-hybridized carbons (Fsp3) is 0.348. The number of benzene rings is 1. The Kier molecular flexibility index (Phi) is 7.69. The third-order valence-corrected chi connectivity index (χ3v) is 5.68. The zero-order chi connectivity index (χ0) is 25.2. The number of aliphatic hydroxyl groups is 1. The Bertz CT molecular complexity index is 1420. The van der Waals surface area contributed by atoms with Gasteiger partial charge in [-0.3, -0.25) is 9.48 Å². The van der Waals surface area contributed by atoms with Gasteiger partial charge in [-0.25, -0.2) is 22.8 Å². The molecule has 1 amide bonds. The summed E-state index contributed by atoms with van der Waals surface area (Å²) in [5.41, 5.74) is -0.407. The van der Waals surface area contributed by atoms with E-state index < -0.39 is 41.0 Å². The van der Waals surface area contributed by atoms with Crippen LogP contribution in [0.25, 0.3) is 11.0 Å². The van der Waals surface area contributed by atoms with Crippen molar-refractivity contribution in [2.75, 3.05) is 38.2 Å². The van der Waals surface area contributed by atoms with Gasteiger partial charge < -0.3 is 20.1 Å². The number of carbonyl (C=O) groups is 1. The number of hydrogen-bond acceptors (Lipinski definition) is 8. The summed E-state index contributed by atoms with van der Waals surface area (Å²) in [6, 6.07) is 0.578. The number of aromatic nitrogens is 6. The molecule has 1 aromatic carbocycles. The first kappa shape index (κ1) is 26.0. The molecule has 1 aliphatic rings. The van der Waals surface area contributed by atoms with Gasteiger partial charge in [-0.2, -0.15) is 15.2 Å². The van der Waals surface area contributed by atoms with Crippen LogP contribution >= 0.6 is 0 Å². The highest BCUT2D eigenvalue weighted by molar-refractivity contribution is 5.95. The number of nitrogens with one attached hydrogen (secondary N) is 1. The quantitative estimate of drug-likeness (QED) is 0.358. The number of hydrogen-bond donors (Lipinski definition) is 2. The van der Waals surface area contributed by atoms with E-state index in [1.165, 1.54) is 32.9 Å². The van der Waals surface area contributed by atoms with Gasteiger partial charge in [0.15, 0.2) is 17.3 Å². The molecule has 3 aromatic heterocycles. The van der Waals surface area contributed by atoms with Crippen LogP contribution in [0.4, 0.5) is 24.8 Å². The molecule has 1 saturated heterocycles. The zero-order valence-electron chi connectivity index (χ0n) is 18.9. The highest BCUT2D eigenvalue weighted by Gasteiger charge is 2.27. The van der Waals surface area contributed by atoms with Gasteiger partial charge in [0.25, 0.3) is 5.91 Å². The number of nitrogens with zero attached hydrogens (tertiary/aromatic N) is 7. The third kappa shape index (κ3) is 5.24. The molecule has 14 heteroatoms. The van der Waals surface area contributed by atoms with Gasteiger partial charge in [0.05, 0.1) is 61.9 Å². The molecule has 0 saturated carbocycles. The molecule has 196 valence electrons. The molecule has 0 bridgehead atoms. The fourth-order valence-corrected chi connectivity index (χ4v) is 3.86. The standard InChI is InChI=1S/C22H21F3N8O3.CH4/c23-17-7-15(21(35)31-2-5-36-6-3-31)18(24)16(19(17)25)12-33-20-13(9-28-33)8-26-22(30-20)29-14-10-27-32(11-14)1-4-34;/h7-11,34H,1-6,12H2,(H,26,29,30);1H4. The van der Waals surface area contributed by atoms with Crippen molar-refractivity contribution < 1.29 is 27.8 Å². The molecule has 2 N–H and O–H groups in total. The van der Waals surface area contributed by atoms with E-state index >= 15 is 4.39 Å². The van der Waals surface area contributed by atoms with E-state index in [0.29, 0.717) is 23.7 Å². The number of rotatable bonds is 7. The van der Waals surface area contributed by atoms with E-state index in [1.54, 1.807) is 6.20 Å². The minimum atomic E-state index is -1.40. The highest BCUT2D eigenvalue weighted by atomic mass is 19.2. The lowest BCUT2D eigenvalue weighted by molar-refractivity contribution is 0.0299. The molecule has 37 heavy (non-hydrogen) atoms. The van der Waals surface area contributed by atoms with Crippen LogP contribution in [0.1, 0.15) is 23.3 Å². The van der Waals surface area contributed by atoms with Gasteiger partial charge in [0.1, 0.15) is 5.82 Å². The first-order valence-corrected chi connectivity index (χ1v) is 11.1. The van der Waals surface area contributed by atoms with Crippen molar-refractivity contribution in [3.05, 3.63) is 59.4 Å². The molecular weight excluding hydrogens is 493 g/mol. The maximum absolute atomic E-state index is 15.3. The van der Waals surface area contributed by atoms with Crippen molar-refractivity contribution in [3.63, 3.8) is 0 Å². The minimum absolute atomic E-state index is 0. The van der Waals surface area contributed by atoms with E-state index in [0.717, 1.165) is 0 Å². The van der Waals surface area contributed by atoms with Gasteiger partial charge in [0.2, 0.25) is 5.95 Å². The van der Waals surface area contributed by atoms with Crippen molar-refractivity contribution in [2.45, 2.75) is 20.5 Å². The molecule has 4 heterocycles. The number of amides is 1. The summed E-state index contributed by atoms with van der Waals surface area (Å²) in [6.07, 6.45) is 6.04. The van der Waals surface area contributed by atoms with E-state index in [9.17, 15) is 13.6 Å². The van der Waals surface area contributed by atoms with E-state index in [2.05, 4.69) is 25.5 Å². The van der Waals surface area contributed by atoms with Gasteiger partial charge in [-0.05, 0) is 6.07 Å². The SMILES string of the molecule is C.O=C(c1cc(F)c(F)c(Cn2ncc3cnc(Nc4cnn(CCO)c4)nc32)c1F)N1CCOCC1. The Morgan fingerprint density at radius 1 is 1.11 bits per heavy atom. The number of fused-ring (bicyclic) bond motifs is 1. The number of carbonyl (C=O) groups excluding carboxylic acids is 1. The van der Waals surface area contributed by atoms with Crippen molar-refractivity contribution in [2.24, 2.45) is 0 Å². The second-order valence-electron chi connectivity index (χ2n) is 8.03. The van der Waals surface area contributed by atoms with Gasteiger partial charge in [0, 0.05) is 31.0 Å². The molecule has 4 aromatic rings. The van der Waals surface area contributed by atoms with Crippen LogP contribution in [-0.4, -0.2) is 78.4 Å². The molecule has 0 spiro atoms. The van der Waals surface area contributed by atoms with Crippen LogP contribution in [0.2, 0.25) is 0 Å². The summed E-state index contributed by atoms with van der Waals surface area (Å²) in [5, 5.41) is 20.6. The highest BCUT2D eigenvalue weighted by Crippen LogP contribution is 2.24. The normalized spacial score (nSPS) is 13.6. The molecule has 1 aliphatic heterocycles. The smallest absolute Gasteiger partial charge is 0.257 e. The number of anilines is 2. The average molecular weight is 519 g/mol. The van der Waals surface area contributed by atoms with Crippen LogP contribution in [0, 0.1) is 17.5 Å². The van der Waals surface area contributed by atoms with Gasteiger partial charge >= 0.3 is 0 Å². The Hall–Kier alpha value is -4.04. The monoisotopic (exact) mass is 518 g/mol. The van der Waals surface area contributed by atoms with Crippen LogP contribution in [0.5, 0.6) is 0 Å². The largest absolute Gasteiger partial charge is 0.394 e. The summed E-state index contributed by atoms with van der Waals surface area (Å²) in [5.74, 6) is -4.47. The maximum atomic E-state index is 15.3. The lowest BCUT2D eigenvalue weighted by Gasteiger charge is -2.27. The molecule has 11 nitrogen and oxygen atoms in total. The third-order valence-electron chi connectivity index (χ3n) is 5.68. The number of ether oxygens (including phenoxy) is 1. The fourth-order valence-electron chi connectivity index (χ4n) is 3.86. The van der Waals surface area contributed by atoms with E-state index in [1.807, 2.05) is 0 Å². The molecule has 0 aliphatic carbocycles. The van der Waals surface area contributed by atoms with Crippen LogP contribution < -0.4 is 5.32 Å².